The Hall–Kier alpha value is -3.89. The SMILES string of the molecule is COc1cc(/C=N/NC(=O)CSc2nc3ccccc3s2)ccc1OCC(=O)Nc1ccc(C)cc1C. The topological polar surface area (TPSA) is 102 Å². The zero-order valence-corrected chi connectivity index (χ0v) is 22.2. The highest BCUT2D eigenvalue weighted by Gasteiger charge is 2.10. The van der Waals surface area contributed by atoms with Gasteiger partial charge in [-0.05, 0) is 61.4 Å². The Morgan fingerprint density at radius 3 is 2.68 bits per heavy atom. The third-order valence-corrected chi connectivity index (χ3v) is 7.39. The number of ether oxygens (including phenoxy) is 2. The van der Waals surface area contributed by atoms with Gasteiger partial charge in [-0.2, -0.15) is 5.10 Å². The summed E-state index contributed by atoms with van der Waals surface area (Å²) in [6.45, 7) is 3.77. The molecule has 0 spiro atoms. The van der Waals surface area contributed by atoms with E-state index in [1.165, 1.54) is 25.1 Å². The Labute approximate surface area is 223 Å². The number of hydrogen-bond donors (Lipinski definition) is 2. The summed E-state index contributed by atoms with van der Waals surface area (Å²) in [6, 6.07) is 18.8. The zero-order chi connectivity index (χ0) is 26.2. The number of rotatable bonds is 10. The van der Waals surface area contributed by atoms with Crippen LogP contribution in [0.25, 0.3) is 10.2 Å². The summed E-state index contributed by atoms with van der Waals surface area (Å²) < 4.78 is 13.0. The maximum absolute atomic E-state index is 12.3. The number of para-hydroxylation sites is 1. The number of nitrogens with zero attached hydrogens (tertiary/aromatic N) is 2. The summed E-state index contributed by atoms with van der Waals surface area (Å²) in [5.41, 5.74) is 7.00. The van der Waals surface area contributed by atoms with Gasteiger partial charge >= 0.3 is 0 Å². The summed E-state index contributed by atoms with van der Waals surface area (Å²) in [6.07, 6.45) is 1.51. The fourth-order valence-corrected chi connectivity index (χ4v) is 5.28. The van der Waals surface area contributed by atoms with E-state index in [0.29, 0.717) is 17.1 Å². The van der Waals surface area contributed by atoms with E-state index in [2.05, 4.69) is 20.8 Å². The number of benzene rings is 3. The van der Waals surface area contributed by atoms with Gasteiger partial charge < -0.3 is 14.8 Å². The van der Waals surface area contributed by atoms with Crippen LogP contribution in [0.4, 0.5) is 5.69 Å². The third-order valence-electron chi connectivity index (χ3n) is 5.21. The number of aryl methyl sites for hydroxylation is 2. The van der Waals surface area contributed by atoms with E-state index in [9.17, 15) is 9.59 Å². The maximum Gasteiger partial charge on any atom is 0.262 e. The van der Waals surface area contributed by atoms with Gasteiger partial charge in [0.1, 0.15) is 0 Å². The van der Waals surface area contributed by atoms with Gasteiger partial charge in [0.15, 0.2) is 22.4 Å². The molecule has 0 unspecified atom stereocenters. The van der Waals surface area contributed by atoms with E-state index in [1.54, 1.807) is 29.5 Å². The predicted octanol–water partition coefficient (Wildman–Crippen LogP) is 5.18. The molecule has 190 valence electrons. The van der Waals surface area contributed by atoms with Gasteiger partial charge in [-0.1, -0.05) is 41.6 Å². The van der Waals surface area contributed by atoms with Gasteiger partial charge in [-0.15, -0.1) is 11.3 Å². The first-order chi connectivity index (χ1) is 17.9. The van der Waals surface area contributed by atoms with E-state index in [4.69, 9.17) is 9.47 Å². The van der Waals surface area contributed by atoms with Crippen molar-refractivity contribution in [2.24, 2.45) is 5.10 Å². The highest BCUT2D eigenvalue weighted by atomic mass is 32.2. The molecule has 4 aromatic rings. The van der Waals surface area contributed by atoms with Crippen LogP contribution in [0, 0.1) is 13.8 Å². The monoisotopic (exact) mass is 534 g/mol. The largest absolute Gasteiger partial charge is 0.493 e. The van der Waals surface area contributed by atoms with Crippen LogP contribution in [0.1, 0.15) is 16.7 Å². The number of aromatic nitrogens is 1. The van der Waals surface area contributed by atoms with Crippen molar-refractivity contribution in [3.63, 3.8) is 0 Å². The second kappa shape index (κ2) is 12.4. The molecule has 3 aromatic carbocycles. The average Bonchev–Trinajstić information content (AvgIpc) is 3.31. The minimum absolute atomic E-state index is 0.167. The molecule has 0 aliphatic rings. The van der Waals surface area contributed by atoms with Gasteiger partial charge in [0, 0.05) is 5.69 Å². The number of thiazole rings is 1. The van der Waals surface area contributed by atoms with Crippen molar-refractivity contribution in [3.05, 3.63) is 77.4 Å². The fraction of sp³-hybridized carbons (Fsp3) is 0.185. The molecule has 1 aromatic heterocycles. The lowest BCUT2D eigenvalue weighted by molar-refractivity contribution is -0.119. The van der Waals surface area contributed by atoms with Gasteiger partial charge in [0.25, 0.3) is 11.8 Å². The van der Waals surface area contributed by atoms with Crippen molar-refractivity contribution in [1.82, 2.24) is 10.4 Å². The second-order valence-electron chi connectivity index (χ2n) is 8.09. The van der Waals surface area contributed by atoms with Crippen LogP contribution >= 0.6 is 23.1 Å². The van der Waals surface area contributed by atoms with Crippen molar-refractivity contribution < 1.29 is 19.1 Å². The van der Waals surface area contributed by atoms with Crippen LogP contribution in [0.15, 0.2) is 70.1 Å². The molecule has 0 fully saturated rings. The Bertz CT molecular complexity index is 1420. The maximum atomic E-state index is 12.3. The molecule has 0 aliphatic heterocycles. The molecule has 37 heavy (non-hydrogen) atoms. The molecule has 0 saturated heterocycles. The summed E-state index contributed by atoms with van der Waals surface area (Å²) in [4.78, 5) is 29.0. The molecule has 4 rings (SSSR count). The van der Waals surface area contributed by atoms with Crippen LogP contribution in [0.2, 0.25) is 0 Å². The van der Waals surface area contributed by atoms with Crippen LogP contribution in [-0.4, -0.2) is 42.5 Å². The van der Waals surface area contributed by atoms with E-state index < -0.39 is 0 Å². The molecule has 10 heteroatoms. The molecular weight excluding hydrogens is 508 g/mol. The van der Waals surface area contributed by atoms with Crippen LogP contribution < -0.4 is 20.2 Å². The highest BCUT2D eigenvalue weighted by molar-refractivity contribution is 8.01. The number of methoxy groups -OCH3 is 1. The van der Waals surface area contributed by atoms with E-state index in [0.717, 1.165) is 31.4 Å². The molecule has 2 N–H and O–H groups in total. The van der Waals surface area contributed by atoms with Crippen molar-refractivity contribution in [1.29, 1.82) is 0 Å². The third kappa shape index (κ3) is 7.31. The Kier molecular flexibility index (Phi) is 8.76. The Balaban J connectivity index is 1.26. The number of fused-ring (bicyclic) bond motifs is 1. The van der Waals surface area contributed by atoms with Gasteiger partial charge in [0.2, 0.25) is 0 Å². The van der Waals surface area contributed by atoms with Crippen molar-refractivity contribution in [3.8, 4) is 11.5 Å². The van der Waals surface area contributed by atoms with Crippen molar-refractivity contribution >= 4 is 57.0 Å². The van der Waals surface area contributed by atoms with Crippen LogP contribution in [-0.2, 0) is 9.59 Å². The van der Waals surface area contributed by atoms with Gasteiger partial charge in [-0.3, -0.25) is 9.59 Å². The minimum Gasteiger partial charge on any atom is -0.493 e. The molecule has 0 aliphatic carbocycles. The number of thioether (sulfide) groups is 1. The number of hydrogen-bond acceptors (Lipinski definition) is 8. The van der Waals surface area contributed by atoms with Crippen LogP contribution in [0.5, 0.6) is 11.5 Å². The second-order valence-corrected chi connectivity index (χ2v) is 10.3. The first kappa shape index (κ1) is 26.2. The normalized spacial score (nSPS) is 11.0. The van der Waals surface area contributed by atoms with E-state index >= 15 is 0 Å². The minimum atomic E-state index is -0.272. The smallest absolute Gasteiger partial charge is 0.262 e. The van der Waals surface area contributed by atoms with Gasteiger partial charge in [-0.25, -0.2) is 10.4 Å². The van der Waals surface area contributed by atoms with Gasteiger partial charge in [0.05, 0.1) is 29.3 Å². The molecule has 8 nitrogen and oxygen atoms in total. The van der Waals surface area contributed by atoms with E-state index in [-0.39, 0.29) is 24.2 Å². The van der Waals surface area contributed by atoms with E-state index in [1.807, 2.05) is 56.3 Å². The van der Waals surface area contributed by atoms with Crippen LogP contribution in [0.3, 0.4) is 0 Å². The summed E-state index contributed by atoms with van der Waals surface area (Å²) in [5, 5.41) is 6.87. The lowest BCUT2D eigenvalue weighted by Gasteiger charge is -2.12. The Morgan fingerprint density at radius 1 is 1.05 bits per heavy atom. The van der Waals surface area contributed by atoms with Crippen molar-refractivity contribution in [2.75, 3.05) is 24.8 Å². The first-order valence-corrected chi connectivity index (χ1v) is 13.2. The molecule has 0 saturated carbocycles. The lowest BCUT2D eigenvalue weighted by atomic mass is 10.1. The highest BCUT2D eigenvalue weighted by Crippen LogP contribution is 2.29. The number of carbonyl (C=O) groups excluding carboxylic acids is 2. The summed E-state index contributed by atoms with van der Waals surface area (Å²) in [5.74, 6) is 0.568. The standard InChI is InChI=1S/C27H26N4O4S2/c1-17-8-10-20(18(2)12-17)29-25(32)15-35-22-11-9-19(13-23(22)34-3)14-28-31-26(33)16-36-27-30-21-6-4-5-7-24(21)37-27/h4-14H,15-16H2,1-3H3,(H,29,32)(H,31,33)/b28-14+. The lowest BCUT2D eigenvalue weighted by Crippen LogP contribution is -2.21. The molecule has 0 bridgehead atoms. The average molecular weight is 535 g/mol. The number of anilines is 1. The molecule has 2 amide bonds. The number of carbonyl (C=O) groups is 2. The summed E-state index contributed by atoms with van der Waals surface area (Å²) >= 11 is 2.93. The fourth-order valence-electron chi connectivity index (χ4n) is 3.42. The zero-order valence-electron chi connectivity index (χ0n) is 20.6. The number of nitrogens with one attached hydrogen (secondary N) is 2. The van der Waals surface area contributed by atoms with Crippen molar-refractivity contribution in [2.45, 2.75) is 18.2 Å². The Morgan fingerprint density at radius 2 is 1.89 bits per heavy atom. The molecule has 0 radical (unpaired) electrons. The number of hydrazone groups is 1. The first-order valence-electron chi connectivity index (χ1n) is 11.4. The molecule has 0 atom stereocenters. The molecular formula is C27H26N4O4S2. The molecule has 1 heterocycles. The summed E-state index contributed by atoms with van der Waals surface area (Å²) in [7, 11) is 1.51. The number of amides is 2. The predicted molar refractivity (Wildman–Crippen MR) is 149 cm³/mol. The quantitative estimate of drug-likeness (QED) is 0.165.